The molecule has 21 heavy (non-hydrogen) atoms. The molecule has 3 rings (SSSR count). The van der Waals surface area contributed by atoms with Gasteiger partial charge < -0.3 is 14.7 Å². The molecule has 118 valence electrons. The van der Waals surface area contributed by atoms with Crippen LogP contribution in [-0.4, -0.2) is 40.6 Å². The highest BCUT2D eigenvalue weighted by Crippen LogP contribution is 2.32. The lowest BCUT2D eigenvalue weighted by Gasteiger charge is -2.25. The van der Waals surface area contributed by atoms with Crippen LogP contribution in [0.1, 0.15) is 56.8 Å². The van der Waals surface area contributed by atoms with E-state index in [0.717, 1.165) is 38.9 Å². The minimum Gasteiger partial charge on any atom is -0.339 e. The van der Waals surface area contributed by atoms with Crippen molar-refractivity contribution in [3.63, 3.8) is 0 Å². The summed E-state index contributed by atoms with van der Waals surface area (Å²) in [7, 11) is 0. The Balaban J connectivity index is 0.00000161. The molecule has 2 atom stereocenters. The van der Waals surface area contributed by atoms with Crippen LogP contribution in [0, 0.1) is 5.92 Å². The molecular formula is C14H23ClN4O2. The molecule has 0 saturated carbocycles. The summed E-state index contributed by atoms with van der Waals surface area (Å²) in [6.07, 6.45) is 2.89. The molecule has 0 aliphatic carbocycles. The normalized spacial score (nSPS) is 25.4. The fraction of sp³-hybridized carbons (Fsp3) is 0.786. The zero-order chi connectivity index (χ0) is 14.1. The highest BCUT2D eigenvalue weighted by atomic mass is 35.5. The predicted octanol–water partition coefficient (Wildman–Crippen LogP) is 1.89. The lowest BCUT2D eigenvalue weighted by molar-refractivity contribution is -0.136. The zero-order valence-electron chi connectivity index (χ0n) is 12.5. The standard InChI is InChI=1S/C14H22N4O2.ClH/c1-9(2)13-16-12(17-20-13)11-4-3-7-18(11)14(19)10-5-6-15-8-10;/h9-11,15H,3-8H2,1-2H3;1H. The summed E-state index contributed by atoms with van der Waals surface area (Å²) in [5.41, 5.74) is 0. The first-order valence-corrected chi connectivity index (χ1v) is 7.51. The number of nitrogens with zero attached hydrogens (tertiary/aromatic N) is 3. The Morgan fingerprint density at radius 2 is 2.24 bits per heavy atom. The zero-order valence-corrected chi connectivity index (χ0v) is 13.4. The molecule has 0 bridgehead atoms. The quantitative estimate of drug-likeness (QED) is 0.922. The van der Waals surface area contributed by atoms with Gasteiger partial charge in [-0.2, -0.15) is 4.98 Å². The molecule has 2 aliphatic rings. The Hall–Kier alpha value is -1.14. The first-order chi connectivity index (χ1) is 9.66. The van der Waals surface area contributed by atoms with Gasteiger partial charge >= 0.3 is 0 Å². The summed E-state index contributed by atoms with van der Waals surface area (Å²) in [4.78, 5) is 19.0. The lowest BCUT2D eigenvalue weighted by atomic mass is 10.1. The van der Waals surface area contributed by atoms with Crippen molar-refractivity contribution >= 4 is 18.3 Å². The highest BCUT2D eigenvalue weighted by Gasteiger charge is 2.37. The van der Waals surface area contributed by atoms with Gasteiger partial charge in [0.2, 0.25) is 11.8 Å². The summed E-state index contributed by atoms with van der Waals surface area (Å²) < 4.78 is 5.28. The van der Waals surface area contributed by atoms with E-state index in [9.17, 15) is 4.79 Å². The molecule has 0 radical (unpaired) electrons. The van der Waals surface area contributed by atoms with Gasteiger partial charge in [0.05, 0.1) is 12.0 Å². The first kappa shape index (κ1) is 16.2. The van der Waals surface area contributed by atoms with Crippen LogP contribution >= 0.6 is 12.4 Å². The maximum atomic E-state index is 12.6. The van der Waals surface area contributed by atoms with Crippen molar-refractivity contribution < 1.29 is 9.32 Å². The van der Waals surface area contributed by atoms with Crippen molar-refractivity contribution in [1.29, 1.82) is 0 Å². The van der Waals surface area contributed by atoms with Gasteiger partial charge in [0, 0.05) is 19.0 Å². The van der Waals surface area contributed by atoms with Crippen LogP contribution in [0.4, 0.5) is 0 Å². The number of aromatic nitrogens is 2. The molecule has 0 spiro atoms. The molecular weight excluding hydrogens is 292 g/mol. The predicted molar refractivity (Wildman–Crippen MR) is 80.3 cm³/mol. The molecule has 2 unspecified atom stereocenters. The number of hydrogen-bond acceptors (Lipinski definition) is 5. The number of rotatable bonds is 3. The van der Waals surface area contributed by atoms with E-state index in [-0.39, 0.29) is 36.2 Å². The van der Waals surface area contributed by atoms with Crippen molar-refractivity contribution in [2.24, 2.45) is 5.92 Å². The summed E-state index contributed by atoms with van der Waals surface area (Å²) in [6.45, 7) is 6.60. The van der Waals surface area contributed by atoms with Gasteiger partial charge in [-0.15, -0.1) is 12.4 Å². The third-order valence-electron chi connectivity index (χ3n) is 4.19. The van der Waals surface area contributed by atoms with E-state index in [1.807, 2.05) is 18.7 Å². The molecule has 3 heterocycles. The minimum absolute atomic E-state index is 0. The minimum atomic E-state index is -0.000602. The molecule has 1 N–H and O–H groups in total. The number of carbonyl (C=O) groups is 1. The number of carbonyl (C=O) groups excluding carboxylic acids is 1. The number of amides is 1. The SMILES string of the molecule is CC(C)c1nc(C2CCCN2C(=O)C2CCNC2)no1.Cl. The Labute approximate surface area is 131 Å². The van der Waals surface area contributed by atoms with Crippen LogP contribution in [0.3, 0.4) is 0 Å². The van der Waals surface area contributed by atoms with Gasteiger partial charge in [0.15, 0.2) is 5.82 Å². The van der Waals surface area contributed by atoms with Crippen molar-refractivity contribution in [1.82, 2.24) is 20.4 Å². The van der Waals surface area contributed by atoms with Crippen molar-refractivity contribution in [2.75, 3.05) is 19.6 Å². The molecule has 2 saturated heterocycles. The molecule has 1 aromatic heterocycles. The first-order valence-electron chi connectivity index (χ1n) is 7.51. The van der Waals surface area contributed by atoms with Crippen LogP contribution in [-0.2, 0) is 4.79 Å². The van der Waals surface area contributed by atoms with E-state index < -0.39 is 0 Å². The maximum absolute atomic E-state index is 12.6. The highest BCUT2D eigenvalue weighted by molar-refractivity contribution is 5.85. The third kappa shape index (κ3) is 3.21. The molecule has 2 aliphatic heterocycles. The number of hydrogen-bond donors (Lipinski definition) is 1. The van der Waals surface area contributed by atoms with Crippen LogP contribution < -0.4 is 5.32 Å². The van der Waals surface area contributed by atoms with Gasteiger partial charge in [-0.3, -0.25) is 4.79 Å². The van der Waals surface area contributed by atoms with E-state index in [0.29, 0.717) is 11.7 Å². The Bertz CT molecular complexity index is 485. The van der Waals surface area contributed by atoms with E-state index in [1.54, 1.807) is 0 Å². The van der Waals surface area contributed by atoms with Crippen molar-refractivity contribution in [2.45, 2.75) is 45.1 Å². The molecule has 1 aromatic rings. The summed E-state index contributed by atoms with van der Waals surface area (Å²) in [5.74, 6) is 1.91. The average Bonchev–Trinajstić information content (AvgIpc) is 3.17. The van der Waals surface area contributed by atoms with Gasteiger partial charge in [-0.05, 0) is 25.8 Å². The van der Waals surface area contributed by atoms with E-state index in [4.69, 9.17) is 4.52 Å². The Kier molecular flexibility index (Phi) is 5.22. The van der Waals surface area contributed by atoms with Gasteiger partial charge in [0.25, 0.3) is 0 Å². The van der Waals surface area contributed by atoms with Gasteiger partial charge in [0.1, 0.15) is 0 Å². The van der Waals surface area contributed by atoms with Crippen molar-refractivity contribution in [3.05, 3.63) is 11.7 Å². The lowest BCUT2D eigenvalue weighted by Crippen LogP contribution is -2.37. The molecule has 6 nitrogen and oxygen atoms in total. The molecule has 0 aromatic carbocycles. The van der Waals surface area contributed by atoms with Crippen LogP contribution in [0.15, 0.2) is 4.52 Å². The van der Waals surface area contributed by atoms with Crippen molar-refractivity contribution in [3.8, 4) is 0 Å². The second-order valence-electron chi connectivity index (χ2n) is 6.02. The maximum Gasteiger partial charge on any atom is 0.229 e. The number of nitrogens with one attached hydrogen (secondary N) is 1. The topological polar surface area (TPSA) is 71.3 Å². The average molecular weight is 315 g/mol. The van der Waals surface area contributed by atoms with E-state index in [1.165, 1.54) is 0 Å². The number of likely N-dealkylation sites (tertiary alicyclic amines) is 1. The Morgan fingerprint density at radius 1 is 1.43 bits per heavy atom. The second kappa shape index (κ2) is 6.75. The molecule has 2 fully saturated rings. The molecule has 1 amide bonds. The summed E-state index contributed by atoms with van der Waals surface area (Å²) >= 11 is 0. The smallest absolute Gasteiger partial charge is 0.229 e. The van der Waals surface area contributed by atoms with E-state index >= 15 is 0 Å². The third-order valence-corrected chi connectivity index (χ3v) is 4.19. The monoisotopic (exact) mass is 314 g/mol. The van der Waals surface area contributed by atoms with E-state index in [2.05, 4.69) is 15.5 Å². The van der Waals surface area contributed by atoms with Gasteiger partial charge in [-0.25, -0.2) is 0 Å². The number of halogens is 1. The summed E-state index contributed by atoms with van der Waals surface area (Å²) in [5, 5.41) is 7.34. The molecule has 7 heteroatoms. The fourth-order valence-corrected chi connectivity index (χ4v) is 3.02. The van der Waals surface area contributed by atoms with Crippen LogP contribution in [0.25, 0.3) is 0 Å². The summed E-state index contributed by atoms with van der Waals surface area (Å²) in [6, 6.07) is -0.000602. The second-order valence-corrected chi connectivity index (χ2v) is 6.02. The van der Waals surface area contributed by atoms with Crippen LogP contribution in [0.2, 0.25) is 0 Å². The Morgan fingerprint density at radius 3 is 2.86 bits per heavy atom. The fourth-order valence-electron chi connectivity index (χ4n) is 3.02. The largest absolute Gasteiger partial charge is 0.339 e. The van der Waals surface area contributed by atoms with Crippen LogP contribution in [0.5, 0.6) is 0 Å². The van der Waals surface area contributed by atoms with Gasteiger partial charge in [-0.1, -0.05) is 19.0 Å².